The maximum atomic E-state index is 6.26. The summed E-state index contributed by atoms with van der Waals surface area (Å²) < 4.78 is 1.24. The molecular formula is C36H34Cl4HfSi. The summed E-state index contributed by atoms with van der Waals surface area (Å²) in [6.07, 6.45) is 23.7. The zero-order valence-corrected chi connectivity index (χ0v) is 31.8. The predicted molar refractivity (Wildman–Crippen MR) is 171 cm³/mol. The minimum absolute atomic E-state index is 0. The second kappa shape index (κ2) is 14.1. The van der Waals surface area contributed by atoms with E-state index in [4.69, 9.17) is 23.2 Å². The van der Waals surface area contributed by atoms with Crippen molar-refractivity contribution < 1.29 is 44.9 Å². The van der Waals surface area contributed by atoms with Crippen LogP contribution in [0.5, 0.6) is 0 Å². The molecule has 2 aromatic carbocycles. The molecule has 4 aliphatic carbocycles. The van der Waals surface area contributed by atoms with Crippen LogP contribution in [-0.4, -0.2) is 5.49 Å². The van der Waals surface area contributed by atoms with Gasteiger partial charge in [0.05, 0.1) is 0 Å². The molecule has 0 aromatic heterocycles. The van der Waals surface area contributed by atoms with Crippen LogP contribution in [-0.2, 0) is 20.1 Å². The van der Waals surface area contributed by atoms with Gasteiger partial charge in [0, 0.05) is 0 Å². The van der Waals surface area contributed by atoms with E-state index in [1.807, 2.05) is 24.3 Å². The van der Waals surface area contributed by atoms with Crippen molar-refractivity contribution in [3.63, 3.8) is 0 Å². The quantitative estimate of drug-likeness (QED) is 0.379. The monoisotopic (exact) mass is 814 g/mol. The van der Waals surface area contributed by atoms with Crippen LogP contribution in [0, 0.1) is 0 Å². The molecule has 4 unspecified atom stereocenters. The number of hydrogen-bond acceptors (Lipinski definition) is 0. The van der Waals surface area contributed by atoms with Crippen molar-refractivity contribution in [2.24, 2.45) is 0 Å². The van der Waals surface area contributed by atoms with Gasteiger partial charge in [-0.15, -0.1) is 0 Å². The van der Waals surface area contributed by atoms with Crippen LogP contribution < -0.4 is 24.8 Å². The van der Waals surface area contributed by atoms with Gasteiger partial charge in [0.15, 0.2) is 0 Å². The Balaban J connectivity index is 0.00000202. The Morgan fingerprint density at radius 2 is 0.952 bits per heavy atom. The average molecular weight is 815 g/mol. The van der Waals surface area contributed by atoms with E-state index in [2.05, 4.69) is 112 Å². The first-order valence-corrected chi connectivity index (χ1v) is 26.8. The van der Waals surface area contributed by atoms with Gasteiger partial charge in [-0.2, -0.15) is 0 Å². The summed E-state index contributed by atoms with van der Waals surface area (Å²) in [5.74, 6) is 0.538. The van der Waals surface area contributed by atoms with Gasteiger partial charge in [0.1, 0.15) is 0 Å². The van der Waals surface area contributed by atoms with Crippen LogP contribution in [0.2, 0.25) is 30.5 Å². The molecule has 6 rings (SSSR count). The summed E-state index contributed by atoms with van der Waals surface area (Å²) >= 11 is 10.1. The van der Waals surface area contributed by atoms with Crippen LogP contribution >= 0.6 is 23.2 Å². The Labute approximate surface area is 281 Å². The molecule has 0 amide bonds. The van der Waals surface area contributed by atoms with Crippen molar-refractivity contribution in [1.82, 2.24) is 0 Å². The predicted octanol–water partition coefficient (Wildman–Crippen LogP) is 5.08. The van der Waals surface area contributed by atoms with Crippen molar-refractivity contribution in [2.45, 2.75) is 46.1 Å². The third-order valence-electron chi connectivity index (χ3n) is 8.67. The van der Waals surface area contributed by atoms with Gasteiger partial charge in [-0.05, 0) is 0 Å². The topological polar surface area (TPSA) is 0 Å². The van der Waals surface area contributed by atoms with Gasteiger partial charge >= 0.3 is 259 Å². The van der Waals surface area contributed by atoms with E-state index in [0.717, 1.165) is 10.0 Å². The fourth-order valence-electron chi connectivity index (χ4n) is 6.94. The molecule has 214 valence electrons. The Morgan fingerprint density at radius 1 is 0.571 bits per heavy atom. The SMILES string of the molecule is CC1=CC2=C(C=CC=CC2c2ccc(Cl)cc2)[CH]1[Hf+2]([CH]1C(C)=CC2=C1C=CC=CC2c1ccc(Cl)cc1)=[Si](C)C.[Cl-].[Cl-]. The van der Waals surface area contributed by atoms with Crippen molar-refractivity contribution >= 4 is 28.7 Å². The molecule has 0 saturated heterocycles. The number of benzene rings is 2. The smallest absolute Gasteiger partial charge is 1.00 e. The van der Waals surface area contributed by atoms with Gasteiger partial charge in [-0.1, -0.05) is 0 Å². The fourth-order valence-corrected chi connectivity index (χ4v) is 36.7. The molecule has 4 aliphatic rings. The number of allylic oxidation sites excluding steroid dienone is 16. The Bertz CT molecular complexity index is 1530. The molecule has 0 heterocycles. The van der Waals surface area contributed by atoms with Crippen molar-refractivity contribution in [1.29, 1.82) is 0 Å². The molecule has 0 nitrogen and oxygen atoms in total. The molecule has 0 saturated carbocycles. The van der Waals surface area contributed by atoms with Gasteiger partial charge in [-0.3, -0.25) is 0 Å². The molecular weight excluding hydrogens is 781 g/mol. The van der Waals surface area contributed by atoms with Crippen molar-refractivity contribution in [2.75, 3.05) is 0 Å². The zero-order valence-electron chi connectivity index (χ0n) is 24.2. The van der Waals surface area contributed by atoms with Crippen LogP contribution in [0.4, 0.5) is 0 Å². The molecule has 6 heteroatoms. The minimum Gasteiger partial charge on any atom is -1.00 e. The number of rotatable bonds is 4. The third-order valence-corrected chi connectivity index (χ3v) is 37.5. The van der Waals surface area contributed by atoms with Crippen LogP contribution in [0.15, 0.2) is 143 Å². The maximum absolute atomic E-state index is 6.26. The average Bonchev–Trinajstić information content (AvgIpc) is 3.21. The molecule has 2 aromatic rings. The van der Waals surface area contributed by atoms with E-state index in [1.54, 1.807) is 22.3 Å². The molecule has 0 bridgehead atoms. The number of hydrogen-bond donors (Lipinski definition) is 0. The van der Waals surface area contributed by atoms with E-state index in [9.17, 15) is 0 Å². The number of halogens is 4. The standard InChI is InChI=1S/2C17H14Cl.C2H6Si.2ClH.Hf/c2*1-12-10-14-4-2-3-5-16(17(14)11-12)13-6-8-15(18)9-7-13;1-3-2;;;/h2*2-11,16H,1H3;1-2H3;2*1H;/q;;;;;+2/p-2. The third kappa shape index (κ3) is 6.37. The van der Waals surface area contributed by atoms with E-state index >= 15 is 0 Å². The molecule has 0 fully saturated rings. The van der Waals surface area contributed by atoms with Gasteiger partial charge in [0.25, 0.3) is 0 Å². The molecule has 0 spiro atoms. The van der Waals surface area contributed by atoms with Crippen LogP contribution in [0.25, 0.3) is 0 Å². The Morgan fingerprint density at radius 3 is 1.31 bits per heavy atom. The Kier molecular flexibility index (Phi) is 11.3. The maximum Gasteiger partial charge on any atom is -1.00 e. The second-order valence-corrected chi connectivity index (χ2v) is 37.3. The van der Waals surface area contributed by atoms with Gasteiger partial charge in [-0.25, -0.2) is 0 Å². The molecule has 4 atom stereocenters. The zero-order chi connectivity index (χ0) is 28.0. The van der Waals surface area contributed by atoms with E-state index in [-0.39, 0.29) is 36.6 Å². The first kappa shape index (κ1) is 33.5. The van der Waals surface area contributed by atoms with Crippen molar-refractivity contribution in [3.05, 3.63) is 164 Å². The minimum atomic E-state index is -2.38. The normalized spacial score (nSPS) is 23.5. The van der Waals surface area contributed by atoms with Gasteiger partial charge < -0.3 is 24.8 Å². The summed E-state index contributed by atoms with van der Waals surface area (Å²) in [6, 6.07) is 16.9. The summed E-state index contributed by atoms with van der Waals surface area (Å²) in [4.78, 5) is 0. The van der Waals surface area contributed by atoms with Crippen LogP contribution in [0.3, 0.4) is 0 Å². The van der Waals surface area contributed by atoms with E-state index in [1.165, 1.54) is 22.3 Å². The largest absolute Gasteiger partial charge is 1.00 e. The molecule has 42 heavy (non-hydrogen) atoms. The van der Waals surface area contributed by atoms with Gasteiger partial charge in [0.2, 0.25) is 0 Å². The summed E-state index contributed by atoms with van der Waals surface area (Å²) in [5, 5.41) is 1.58. The van der Waals surface area contributed by atoms with E-state index < -0.39 is 25.6 Å². The summed E-state index contributed by atoms with van der Waals surface area (Å²) in [7, 11) is 0. The van der Waals surface area contributed by atoms with Crippen molar-refractivity contribution in [3.8, 4) is 0 Å². The summed E-state index contributed by atoms with van der Waals surface area (Å²) in [6.45, 7) is 10.0. The fraction of sp³-hybridized carbons (Fsp3) is 0.222. The second-order valence-electron chi connectivity index (χ2n) is 11.5. The molecule has 0 radical (unpaired) electrons. The molecule has 0 N–H and O–H groups in total. The molecule has 0 aliphatic heterocycles. The first-order valence-electron chi connectivity index (χ1n) is 14.1. The van der Waals surface area contributed by atoms with E-state index in [0.29, 0.717) is 7.35 Å². The first-order chi connectivity index (χ1) is 19.3. The van der Waals surface area contributed by atoms with Crippen LogP contribution in [0.1, 0.15) is 36.8 Å². The summed E-state index contributed by atoms with van der Waals surface area (Å²) in [5.41, 5.74) is 11.5. The Hall–Kier alpha value is -1.39.